The molecule has 2 N–H and O–H groups in total. The van der Waals surface area contributed by atoms with Crippen LogP contribution in [0.15, 0.2) is 40.9 Å². The number of carbonyl (C=O) groups is 1. The molecule has 1 aliphatic heterocycles. The fourth-order valence-electron chi connectivity index (χ4n) is 3.12. The van der Waals surface area contributed by atoms with Crippen molar-refractivity contribution in [2.24, 2.45) is 0 Å². The standard InChI is InChI=1S/C17H14BrClFNO3/c1-9-13-12(7-11(20)15(19)14(13)18)24-17(9,8-21-16(22)23)10-5-3-2-4-6-10/h2-7,9,21H,8H2,1H3,(H,22,23)/t9-,17-/m0/s1. The van der Waals surface area contributed by atoms with Crippen LogP contribution < -0.4 is 10.1 Å². The van der Waals surface area contributed by atoms with Crippen LogP contribution in [0.2, 0.25) is 5.02 Å². The van der Waals surface area contributed by atoms with Gasteiger partial charge < -0.3 is 15.2 Å². The quantitative estimate of drug-likeness (QED) is 0.702. The van der Waals surface area contributed by atoms with Crippen LogP contribution in [-0.4, -0.2) is 17.7 Å². The normalized spacial score (nSPS) is 21.9. The van der Waals surface area contributed by atoms with Crippen molar-refractivity contribution in [1.29, 1.82) is 0 Å². The molecule has 0 bridgehead atoms. The molecule has 2 atom stereocenters. The highest BCUT2D eigenvalue weighted by molar-refractivity contribution is 9.10. The molecule has 0 unspecified atom stereocenters. The zero-order valence-corrected chi connectivity index (χ0v) is 15.0. The number of nitrogens with one attached hydrogen (secondary N) is 1. The van der Waals surface area contributed by atoms with Gasteiger partial charge in [-0.05, 0) is 21.5 Å². The molecule has 0 spiro atoms. The second kappa shape index (κ2) is 6.26. The van der Waals surface area contributed by atoms with Gasteiger partial charge in [0.05, 0.1) is 11.6 Å². The molecule has 2 aromatic carbocycles. The van der Waals surface area contributed by atoms with Gasteiger partial charge in [-0.15, -0.1) is 0 Å². The Hall–Kier alpha value is -1.79. The largest absolute Gasteiger partial charge is 0.480 e. The molecule has 1 amide bonds. The van der Waals surface area contributed by atoms with Crippen molar-refractivity contribution in [2.45, 2.75) is 18.4 Å². The lowest BCUT2D eigenvalue weighted by molar-refractivity contribution is 0.0689. The van der Waals surface area contributed by atoms with Gasteiger partial charge in [-0.2, -0.15) is 0 Å². The van der Waals surface area contributed by atoms with Crippen LogP contribution in [0.3, 0.4) is 0 Å². The third-order valence-corrected chi connectivity index (χ3v) is 5.77. The predicted molar refractivity (Wildman–Crippen MR) is 92.3 cm³/mol. The van der Waals surface area contributed by atoms with E-state index in [2.05, 4.69) is 21.2 Å². The summed E-state index contributed by atoms with van der Waals surface area (Å²) in [5.41, 5.74) is 0.532. The molecule has 1 heterocycles. The Bertz CT molecular complexity index is 802. The summed E-state index contributed by atoms with van der Waals surface area (Å²) in [5, 5.41) is 11.4. The summed E-state index contributed by atoms with van der Waals surface area (Å²) in [7, 11) is 0. The van der Waals surface area contributed by atoms with Gasteiger partial charge in [0.1, 0.15) is 11.6 Å². The molecular weight excluding hydrogens is 401 g/mol. The predicted octanol–water partition coefficient (Wildman–Crippen LogP) is 4.90. The molecular formula is C17H14BrClFNO3. The van der Waals surface area contributed by atoms with Crippen LogP contribution in [0.4, 0.5) is 9.18 Å². The molecule has 0 aliphatic carbocycles. The lowest BCUT2D eigenvalue weighted by Crippen LogP contribution is -2.45. The van der Waals surface area contributed by atoms with E-state index in [1.807, 2.05) is 37.3 Å². The van der Waals surface area contributed by atoms with E-state index in [9.17, 15) is 9.18 Å². The average Bonchev–Trinajstić information content (AvgIpc) is 2.85. The minimum atomic E-state index is -1.15. The number of rotatable bonds is 3. The monoisotopic (exact) mass is 413 g/mol. The van der Waals surface area contributed by atoms with Crippen LogP contribution >= 0.6 is 27.5 Å². The van der Waals surface area contributed by atoms with Crippen molar-refractivity contribution in [3.05, 3.63) is 62.8 Å². The molecule has 0 aromatic heterocycles. The zero-order valence-electron chi connectivity index (χ0n) is 12.6. The SMILES string of the molecule is C[C@H]1c2c(cc(F)c(Cl)c2Br)O[C@]1(CNC(=O)O)c1ccccc1. The van der Waals surface area contributed by atoms with Crippen LogP contribution in [0.5, 0.6) is 5.75 Å². The molecule has 0 fully saturated rings. The molecule has 0 saturated carbocycles. The van der Waals surface area contributed by atoms with Crippen molar-refractivity contribution < 1.29 is 19.0 Å². The van der Waals surface area contributed by atoms with Gasteiger partial charge in [-0.1, -0.05) is 48.9 Å². The molecule has 1 aliphatic rings. The summed E-state index contributed by atoms with van der Waals surface area (Å²) in [6, 6.07) is 10.5. The van der Waals surface area contributed by atoms with E-state index < -0.39 is 17.5 Å². The van der Waals surface area contributed by atoms with Crippen LogP contribution in [-0.2, 0) is 5.60 Å². The first-order valence-electron chi connectivity index (χ1n) is 7.25. The zero-order chi connectivity index (χ0) is 17.5. The molecule has 0 radical (unpaired) electrons. The fourth-order valence-corrected chi connectivity index (χ4v) is 4.00. The molecule has 2 aromatic rings. The van der Waals surface area contributed by atoms with E-state index in [4.69, 9.17) is 21.4 Å². The van der Waals surface area contributed by atoms with E-state index in [0.29, 0.717) is 10.2 Å². The number of amides is 1. The molecule has 3 rings (SSSR count). The van der Waals surface area contributed by atoms with E-state index in [1.165, 1.54) is 6.07 Å². The first-order chi connectivity index (χ1) is 11.4. The van der Waals surface area contributed by atoms with Gasteiger partial charge in [-0.25, -0.2) is 9.18 Å². The number of carboxylic acid groups (broad SMARTS) is 1. The van der Waals surface area contributed by atoms with Crippen molar-refractivity contribution in [1.82, 2.24) is 5.32 Å². The minimum absolute atomic E-state index is 0.0146. The van der Waals surface area contributed by atoms with Crippen LogP contribution in [0.25, 0.3) is 0 Å². The third kappa shape index (κ3) is 2.63. The minimum Gasteiger partial charge on any atom is -0.480 e. The molecule has 0 saturated heterocycles. The number of benzene rings is 2. The summed E-state index contributed by atoms with van der Waals surface area (Å²) in [6.07, 6.45) is -1.15. The number of halogens is 3. The lowest BCUT2D eigenvalue weighted by Gasteiger charge is -2.33. The van der Waals surface area contributed by atoms with Crippen molar-refractivity contribution >= 4 is 33.6 Å². The smallest absolute Gasteiger partial charge is 0.404 e. The molecule has 7 heteroatoms. The van der Waals surface area contributed by atoms with E-state index in [-0.39, 0.29) is 17.5 Å². The van der Waals surface area contributed by atoms with Gasteiger partial charge in [0.15, 0.2) is 5.60 Å². The lowest BCUT2D eigenvalue weighted by atomic mass is 9.80. The maximum Gasteiger partial charge on any atom is 0.404 e. The highest BCUT2D eigenvalue weighted by Gasteiger charge is 2.49. The van der Waals surface area contributed by atoms with Crippen molar-refractivity contribution in [2.75, 3.05) is 6.54 Å². The summed E-state index contributed by atoms with van der Waals surface area (Å²) >= 11 is 9.34. The summed E-state index contributed by atoms with van der Waals surface area (Å²) < 4.78 is 20.5. The van der Waals surface area contributed by atoms with E-state index in [1.54, 1.807) is 0 Å². The Morgan fingerprint density at radius 1 is 1.46 bits per heavy atom. The Kier molecular flexibility index (Phi) is 4.44. The van der Waals surface area contributed by atoms with Gasteiger partial charge in [-0.3, -0.25) is 0 Å². The van der Waals surface area contributed by atoms with Gasteiger partial charge >= 0.3 is 6.09 Å². The van der Waals surface area contributed by atoms with Gasteiger partial charge in [0.25, 0.3) is 0 Å². The van der Waals surface area contributed by atoms with E-state index >= 15 is 0 Å². The second-order valence-electron chi connectivity index (χ2n) is 5.64. The first kappa shape index (κ1) is 17.0. The average molecular weight is 415 g/mol. The Balaban J connectivity index is 2.14. The number of fused-ring (bicyclic) bond motifs is 1. The Morgan fingerprint density at radius 3 is 2.75 bits per heavy atom. The second-order valence-corrected chi connectivity index (χ2v) is 6.81. The number of ether oxygens (including phenoxy) is 1. The molecule has 126 valence electrons. The Labute approximate surface area is 151 Å². The van der Waals surface area contributed by atoms with E-state index in [0.717, 1.165) is 11.1 Å². The highest BCUT2D eigenvalue weighted by Crippen LogP contribution is 2.54. The first-order valence-corrected chi connectivity index (χ1v) is 8.42. The fraction of sp³-hybridized carbons (Fsp3) is 0.235. The summed E-state index contributed by atoms with van der Waals surface area (Å²) in [5.74, 6) is -0.494. The number of hydrogen-bond donors (Lipinski definition) is 2. The maximum absolute atomic E-state index is 14.0. The maximum atomic E-state index is 14.0. The summed E-state index contributed by atoms with van der Waals surface area (Å²) in [4.78, 5) is 11.0. The molecule has 24 heavy (non-hydrogen) atoms. The van der Waals surface area contributed by atoms with Gasteiger partial charge in [0, 0.05) is 22.0 Å². The molecule has 4 nitrogen and oxygen atoms in total. The number of hydrogen-bond acceptors (Lipinski definition) is 2. The summed E-state index contributed by atoms with van der Waals surface area (Å²) in [6.45, 7) is 1.93. The Morgan fingerprint density at radius 2 is 2.12 bits per heavy atom. The van der Waals surface area contributed by atoms with Crippen molar-refractivity contribution in [3.63, 3.8) is 0 Å². The van der Waals surface area contributed by atoms with Gasteiger partial charge in [0.2, 0.25) is 0 Å². The highest BCUT2D eigenvalue weighted by atomic mass is 79.9. The van der Waals surface area contributed by atoms with Crippen LogP contribution in [0, 0.1) is 5.82 Å². The third-order valence-electron chi connectivity index (χ3n) is 4.35. The topological polar surface area (TPSA) is 58.6 Å². The van der Waals surface area contributed by atoms with Crippen LogP contribution in [0.1, 0.15) is 24.0 Å². The van der Waals surface area contributed by atoms with Crippen molar-refractivity contribution in [3.8, 4) is 5.75 Å².